The number of carbonyl (C=O) groups is 1. The van der Waals surface area contributed by atoms with Crippen LogP contribution in [0.2, 0.25) is 0 Å². The number of anilines is 1. The molecule has 0 fully saturated rings. The molecule has 0 unspecified atom stereocenters. The van der Waals surface area contributed by atoms with E-state index in [0.29, 0.717) is 28.3 Å². The van der Waals surface area contributed by atoms with E-state index in [1.807, 2.05) is 6.07 Å². The molecule has 4 N–H and O–H groups in total. The average Bonchev–Trinajstić information content (AvgIpc) is 3.19. The van der Waals surface area contributed by atoms with Crippen LogP contribution in [0.1, 0.15) is 15.9 Å². The van der Waals surface area contributed by atoms with Gasteiger partial charge in [-0.3, -0.25) is 4.79 Å². The number of benzene rings is 2. The summed E-state index contributed by atoms with van der Waals surface area (Å²) in [5.41, 5.74) is 7.60. The van der Waals surface area contributed by atoms with Gasteiger partial charge in [-0.05, 0) is 12.1 Å². The van der Waals surface area contributed by atoms with Gasteiger partial charge >= 0.3 is 0 Å². The molecule has 0 aliphatic heterocycles. The van der Waals surface area contributed by atoms with E-state index < -0.39 is 0 Å². The molecular formula is C19H17N5O3. The summed E-state index contributed by atoms with van der Waals surface area (Å²) in [7, 11) is 1.51. The number of phenols is 1. The molecule has 27 heavy (non-hydrogen) atoms. The van der Waals surface area contributed by atoms with Crippen LogP contribution in [-0.4, -0.2) is 37.9 Å². The molecule has 8 heteroatoms. The SMILES string of the molecule is COc1ccc(C(=O)c2ccccc2)c(O)c1.Nc1ncnc2nc[nH]c12. The van der Waals surface area contributed by atoms with Crippen LogP contribution in [0.4, 0.5) is 5.82 Å². The Hall–Kier alpha value is -3.94. The zero-order valence-electron chi connectivity index (χ0n) is 14.5. The normalized spacial score (nSPS) is 10.1. The van der Waals surface area contributed by atoms with E-state index in [2.05, 4.69) is 19.9 Å². The third kappa shape index (κ3) is 4.01. The van der Waals surface area contributed by atoms with Gasteiger partial charge in [0.1, 0.15) is 23.3 Å². The molecule has 0 aliphatic carbocycles. The molecular weight excluding hydrogens is 346 g/mol. The van der Waals surface area contributed by atoms with Crippen LogP contribution >= 0.6 is 0 Å². The zero-order valence-corrected chi connectivity index (χ0v) is 14.5. The number of nitrogen functional groups attached to an aromatic ring is 1. The molecule has 0 amide bonds. The minimum Gasteiger partial charge on any atom is -0.507 e. The van der Waals surface area contributed by atoms with Crippen molar-refractivity contribution < 1.29 is 14.6 Å². The number of nitrogens with zero attached hydrogens (tertiary/aromatic N) is 3. The molecule has 0 radical (unpaired) electrons. The number of aromatic amines is 1. The topological polar surface area (TPSA) is 127 Å². The van der Waals surface area contributed by atoms with E-state index in [4.69, 9.17) is 10.5 Å². The lowest BCUT2D eigenvalue weighted by Crippen LogP contribution is -2.01. The van der Waals surface area contributed by atoms with Crippen LogP contribution in [0, 0.1) is 0 Å². The number of hydrogen-bond donors (Lipinski definition) is 3. The first-order chi connectivity index (χ1) is 13.1. The number of rotatable bonds is 3. The third-order valence-corrected chi connectivity index (χ3v) is 3.74. The van der Waals surface area contributed by atoms with Crippen LogP contribution in [0.5, 0.6) is 11.5 Å². The molecule has 2 aromatic heterocycles. The van der Waals surface area contributed by atoms with Crippen molar-refractivity contribution in [2.24, 2.45) is 0 Å². The number of H-pyrrole nitrogens is 1. The molecule has 0 bridgehead atoms. The number of aromatic nitrogens is 4. The maximum absolute atomic E-state index is 12.1. The van der Waals surface area contributed by atoms with E-state index in [1.54, 1.807) is 36.4 Å². The summed E-state index contributed by atoms with van der Waals surface area (Å²) in [5, 5.41) is 9.75. The smallest absolute Gasteiger partial charge is 0.196 e. The first kappa shape index (κ1) is 17.9. The number of nitrogens with two attached hydrogens (primary N) is 1. The lowest BCUT2D eigenvalue weighted by molar-refractivity contribution is 0.103. The van der Waals surface area contributed by atoms with Crippen molar-refractivity contribution in [3.63, 3.8) is 0 Å². The maximum atomic E-state index is 12.1. The van der Waals surface area contributed by atoms with Crippen LogP contribution < -0.4 is 10.5 Å². The fourth-order valence-electron chi connectivity index (χ4n) is 2.36. The Bertz CT molecular complexity index is 1060. The molecule has 4 aromatic rings. The molecule has 2 aromatic carbocycles. The van der Waals surface area contributed by atoms with Crippen LogP contribution in [-0.2, 0) is 0 Å². The summed E-state index contributed by atoms with van der Waals surface area (Å²) in [5.74, 6) is 0.679. The Balaban J connectivity index is 0.000000177. The number of aromatic hydroxyl groups is 1. The van der Waals surface area contributed by atoms with Gasteiger partial charge in [0.15, 0.2) is 17.2 Å². The number of hydrogen-bond acceptors (Lipinski definition) is 7. The Morgan fingerprint density at radius 3 is 2.56 bits per heavy atom. The molecule has 0 saturated heterocycles. The van der Waals surface area contributed by atoms with Gasteiger partial charge in [-0.25, -0.2) is 15.0 Å². The number of ether oxygens (including phenoxy) is 1. The van der Waals surface area contributed by atoms with Gasteiger partial charge in [0, 0.05) is 11.6 Å². The summed E-state index contributed by atoms with van der Waals surface area (Å²) in [6.45, 7) is 0. The van der Waals surface area contributed by atoms with E-state index >= 15 is 0 Å². The molecule has 136 valence electrons. The molecule has 0 aliphatic rings. The van der Waals surface area contributed by atoms with Crippen LogP contribution in [0.3, 0.4) is 0 Å². The fourth-order valence-corrected chi connectivity index (χ4v) is 2.36. The second kappa shape index (κ2) is 7.96. The molecule has 8 nitrogen and oxygen atoms in total. The molecule has 0 saturated carbocycles. The van der Waals surface area contributed by atoms with Gasteiger partial charge in [-0.2, -0.15) is 0 Å². The average molecular weight is 363 g/mol. The van der Waals surface area contributed by atoms with Gasteiger partial charge in [0.25, 0.3) is 0 Å². The summed E-state index contributed by atoms with van der Waals surface area (Å²) in [6, 6.07) is 13.5. The number of carbonyl (C=O) groups excluding carboxylic acids is 1. The summed E-state index contributed by atoms with van der Waals surface area (Å²) >= 11 is 0. The van der Waals surface area contributed by atoms with Crippen molar-refractivity contribution in [2.75, 3.05) is 12.8 Å². The predicted octanol–water partition coefficient (Wildman–Crippen LogP) is 2.57. The Labute approximate surface area is 154 Å². The van der Waals surface area contributed by atoms with Crippen LogP contribution in [0.15, 0.2) is 61.2 Å². The largest absolute Gasteiger partial charge is 0.507 e. The van der Waals surface area contributed by atoms with Crippen molar-refractivity contribution in [2.45, 2.75) is 0 Å². The number of ketones is 1. The van der Waals surface area contributed by atoms with Crippen molar-refractivity contribution in [3.8, 4) is 11.5 Å². The standard InChI is InChI=1S/C14H12O3.C5H5N5/c1-17-11-7-8-12(13(15)9-11)14(16)10-5-3-2-4-6-10;6-4-3-5(9-1-7-3)10-2-8-4/h2-9,15H,1H3;1-2H,(H3,6,7,8,9,10). The van der Waals surface area contributed by atoms with Gasteiger partial charge in [0.2, 0.25) is 0 Å². The number of methoxy groups -OCH3 is 1. The zero-order chi connectivity index (χ0) is 19.2. The number of nitrogens with one attached hydrogen (secondary N) is 1. The van der Waals surface area contributed by atoms with Crippen molar-refractivity contribution in [1.82, 2.24) is 19.9 Å². The number of imidazole rings is 1. The Morgan fingerprint density at radius 1 is 1.11 bits per heavy atom. The Kier molecular flexibility index (Phi) is 5.27. The molecule has 4 rings (SSSR count). The van der Waals surface area contributed by atoms with E-state index in [0.717, 1.165) is 0 Å². The molecule has 0 spiro atoms. The van der Waals surface area contributed by atoms with Crippen molar-refractivity contribution in [3.05, 3.63) is 72.3 Å². The quantitative estimate of drug-likeness (QED) is 0.477. The minimum atomic E-state index is -0.203. The highest BCUT2D eigenvalue weighted by Crippen LogP contribution is 2.25. The highest BCUT2D eigenvalue weighted by Gasteiger charge is 2.13. The van der Waals surface area contributed by atoms with Gasteiger partial charge < -0.3 is 20.6 Å². The summed E-state index contributed by atoms with van der Waals surface area (Å²) in [4.78, 5) is 26.4. The van der Waals surface area contributed by atoms with E-state index in [1.165, 1.54) is 25.8 Å². The highest BCUT2D eigenvalue weighted by atomic mass is 16.5. The third-order valence-electron chi connectivity index (χ3n) is 3.74. The van der Waals surface area contributed by atoms with Crippen LogP contribution in [0.25, 0.3) is 11.2 Å². The lowest BCUT2D eigenvalue weighted by Gasteiger charge is -2.06. The van der Waals surface area contributed by atoms with Gasteiger partial charge in [-0.15, -0.1) is 0 Å². The van der Waals surface area contributed by atoms with E-state index in [9.17, 15) is 9.90 Å². The fraction of sp³-hybridized carbons (Fsp3) is 0.0526. The number of fused-ring (bicyclic) bond motifs is 1. The molecule has 2 heterocycles. The van der Waals surface area contributed by atoms with Crippen molar-refractivity contribution in [1.29, 1.82) is 0 Å². The van der Waals surface area contributed by atoms with Gasteiger partial charge in [-0.1, -0.05) is 30.3 Å². The first-order valence-electron chi connectivity index (χ1n) is 7.96. The second-order valence-electron chi connectivity index (χ2n) is 5.44. The summed E-state index contributed by atoms with van der Waals surface area (Å²) in [6.07, 6.45) is 2.92. The van der Waals surface area contributed by atoms with Gasteiger partial charge in [0.05, 0.1) is 19.0 Å². The Morgan fingerprint density at radius 2 is 1.89 bits per heavy atom. The predicted molar refractivity (Wildman–Crippen MR) is 101 cm³/mol. The monoisotopic (exact) mass is 363 g/mol. The van der Waals surface area contributed by atoms with E-state index in [-0.39, 0.29) is 17.1 Å². The second-order valence-corrected chi connectivity index (χ2v) is 5.44. The number of phenolic OH excluding ortho intramolecular Hbond substituents is 1. The lowest BCUT2D eigenvalue weighted by atomic mass is 10.0. The minimum absolute atomic E-state index is 0.0711. The first-order valence-corrected chi connectivity index (χ1v) is 7.96. The maximum Gasteiger partial charge on any atom is 0.196 e. The molecule has 0 atom stereocenters. The highest BCUT2D eigenvalue weighted by molar-refractivity contribution is 6.10. The summed E-state index contributed by atoms with van der Waals surface area (Å²) < 4.78 is 4.96. The van der Waals surface area contributed by atoms with Crippen molar-refractivity contribution >= 4 is 22.8 Å².